The normalized spacial score (nSPS) is 44.8. The maximum Gasteiger partial charge on any atom is -0.00359 e. The molecule has 2 fully saturated rings. The van der Waals surface area contributed by atoms with Gasteiger partial charge >= 0.3 is 0 Å². The molecule has 0 aromatic rings. The Morgan fingerprint density at radius 1 is 1.50 bits per heavy atom. The molecule has 1 unspecified atom stereocenters. The van der Waals surface area contributed by atoms with Crippen molar-refractivity contribution in [1.29, 1.82) is 0 Å². The predicted octanol–water partition coefficient (Wildman–Crippen LogP) is 1.97. The van der Waals surface area contributed by atoms with Gasteiger partial charge in [-0.2, -0.15) is 11.8 Å². The van der Waals surface area contributed by atoms with Gasteiger partial charge < -0.3 is 5.73 Å². The molecule has 1 aliphatic carbocycles. The quantitative estimate of drug-likeness (QED) is 0.712. The monoisotopic (exact) mass is 185 g/mol. The molecule has 0 spiro atoms. The van der Waals surface area contributed by atoms with Gasteiger partial charge in [-0.05, 0) is 47.6 Å². The van der Waals surface area contributed by atoms with Gasteiger partial charge in [0.05, 0.1) is 0 Å². The van der Waals surface area contributed by atoms with Gasteiger partial charge in [-0.15, -0.1) is 0 Å². The minimum atomic E-state index is 0.560. The zero-order valence-electron chi connectivity index (χ0n) is 8.05. The van der Waals surface area contributed by atoms with E-state index in [4.69, 9.17) is 5.73 Å². The van der Waals surface area contributed by atoms with Gasteiger partial charge in [-0.3, -0.25) is 0 Å². The lowest BCUT2D eigenvalue weighted by Crippen LogP contribution is -2.08. The highest BCUT2D eigenvalue weighted by Crippen LogP contribution is 2.63. The van der Waals surface area contributed by atoms with Gasteiger partial charge in [0.1, 0.15) is 0 Å². The topological polar surface area (TPSA) is 26.0 Å². The molecule has 2 N–H and O–H groups in total. The molecule has 1 saturated carbocycles. The molecular weight excluding hydrogens is 166 g/mol. The van der Waals surface area contributed by atoms with Gasteiger partial charge in [0, 0.05) is 0 Å². The van der Waals surface area contributed by atoms with E-state index >= 15 is 0 Å². The Morgan fingerprint density at radius 2 is 2.25 bits per heavy atom. The van der Waals surface area contributed by atoms with Crippen molar-refractivity contribution < 1.29 is 0 Å². The van der Waals surface area contributed by atoms with Gasteiger partial charge in [0.2, 0.25) is 0 Å². The molecule has 2 heteroatoms. The molecular formula is C10H19NS. The molecule has 2 aliphatic rings. The minimum absolute atomic E-state index is 0.560. The Bertz CT molecular complexity index is 173. The van der Waals surface area contributed by atoms with E-state index in [1.807, 2.05) is 0 Å². The maximum atomic E-state index is 5.76. The Kier molecular flexibility index (Phi) is 2.16. The van der Waals surface area contributed by atoms with Crippen molar-refractivity contribution in [3.8, 4) is 0 Å². The molecule has 70 valence electrons. The summed E-state index contributed by atoms with van der Waals surface area (Å²) >= 11 is 2.12. The second-order valence-corrected chi connectivity index (χ2v) is 5.96. The highest BCUT2D eigenvalue weighted by Gasteiger charge is 2.59. The van der Waals surface area contributed by atoms with E-state index in [-0.39, 0.29) is 0 Å². The number of hydrogen-bond acceptors (Lipinski definition) is 2. The number of hydrogen-bond donors (Lipinski definition) is 1. The third-order valence-corrected chi connectivity index (χ3v) is 5.05. The molecule has 3 atom stereocenters. The third-order valence-electron chi connectivity index (χ3n) is 3.87. The van der Waals surface area contributed by atoms with Crippen molar-refractivity contribution in [2.24, 2.45) is 28.9 Å². The Hall–Kier alpha value is 0.310. The summed E-state index contributed by atoms with van der Waals surface area (Å²) < 4.78 is 0. The summed E-state index contributed by atoms with van der Waals surface area (Å²) in [5, 5.41) is 0. The molecule has 1 nitrogen and oxygen atoms in total. The first kappa shape index (κ1) is 8.89. The average Bonchev–Trinajstić information content (AvgIpc) is 2.50. The molecule has 0 bridgehead atoms. The second kappa shape index (κ2) is 2.91. The molecule has 12 heavy (non-hydrogen) atoms. The lowest BCUT2D eigenvalue weighted by atomic mass is 9.97. The predicted molar refractivity (Wildman–Crippen MR) is 55.2 cm³/mol. The number of rotatable bonds is 2. The van der Waals surface area contributed by atoms with Crippen LogP contribution in [0.15, 0.2) is 0 Å². The summed E-state index contributed by atoms with van der Waals surface area (Å²) in [7, 11) is 0. The molecule has 1 saturated heterocycles. The van der Waals surface area contributed by atoms with Crippen LogP contribution in [0.1, 0.15) is 20.3 Å². The number of thioether (sulfide) groups is 1. The summed E-state index contributed by atoms with van der Waals surface area (Å²) in [4.78, 5) is 0. The van der Waals surface area contributed by atoms with Crippen molar-refractivity contribution in [2.45, 2.75) is 20.3 Å². The Morgan fingerprint density at radius 3 is 2.67 bits per heavy atom. The maximum absolute atomic E-state index is 5.76. The molecule has 1 aliphatic heterocycles. The molecule has 0 amide bonds. The van der Waals surface area contributed by atoms with Gasteiger partial charge in [-0.1, -0.05) is 13.8 Å². The fourth-order valence-corrected chi connectivity index (χ4v) is 4.32. The lowest BCUT2D eigenvalue weighted by molar-refractivity contribution is 0.430. The van der Waals surface area contributed by atoms with Gasteiger partial charge in [0.15, 0.2) is 0 Å². The van der Waals surface area contributed by atoms with Crippen LogP contribution in [0.25, 0.3) is 0 Å². The zero-order valence-corrected chi connectivity index (χ0v) is 8.86. The van der Waals surface area contributed by atoms with E-state index in [0.29, 0.717) is 5.41 Å². The number of nitrogens with two attached hydrogens (primary N) is 1. The molecule has 0 radical (unpaired) electrons. The average molecular weight is 185 g/mol. The van der Waals surface area contributed by atoms with Crippen LogP contribution in [0.5, 0.6) is 0 Å². The van der Waals surface area contributed by atoms with Crippen molar-refractivity contribution in [2.75, 3.05) is 18.1 Å². The fraction of sp³-hybridized carbons (Fsp3) is 1.00. The first-order valence-electron chi connectivity index (χ1n) is 4.95. The van der Waals surface area contributed by atoms with E-state index in [9.17, 15) is 0 Å². The van der Waals surface area contributed by atoms with Gasteiger partial charge in [-0.25, -0.2) is 0 Å². The van der Waals surface area contributed by atoms with Crippen molar-refractivity contribution in [1.82, 2.24) is 0 Å². The Labute approximate surface area is 79.5 Å². The van der Waals surface area contributed by atoms with Crippen LogP contribution in [-0.4, -0.2) is 18.1 Å². The third kappa shape index (κ3) is 1.20. The molecule has 1 heterocycles. The van der Waals surface area contributed by atoms with Crippen molar-refractivity contribution >= 4 is 11.8 Å². The van der Waals surface area contributed by atoms with Crippen LogP contribution in [0.4, 0.5) is 0 Å². The van der Waals surface area contributed by atoms with E-state index in [1.54, 1.807) is 0 Å². The van der Waals surface area contributed by atoms with Crippen LogP contribution < -0.4 is 5.73 Å². The second-order valence-electron chi connectivity index (χ2n) is 4.81. The van der Waals surface area contributed by atoms with Crippen LogP contribution in [0.2, 0.25) is 0 Å². The van der Waals surface area contributed by atoms with Crippen molar-refractivity contribution in [3.05, 3.63) is 0 Å². The van der Waals surface area contributed by atoms with Crippen LogP contribution in [-0.2, 0) is 0 Å². The van der Waals surface area contributed by atoms with E-state index in [1.165, 1.54) is 17.9 Å². The standard InChI is InChI=1S/C10H19NS/c1-10(2)8(5-11)9(10)7-3-4-12-6-7/h7-9H,3-6,11H2,1-2H3/t7?,8-,9-/m1/s1. The van der Waals surface area contributed by atoms with Crippen molar-refractivity contribution in [3.63, 3.8) is 0 Å². The first-order chi connectivity index (χ1) is 5.68. The van der Waals surface area contributed by atoms with E-state index < -0.39 is 0 Å². The van der Waals surface area contributed by atoms with E-state index in [2.05, 4.69) is 25.6 Å². The Balaban J connectivity index is 1.97. The highest BCUT2D eigenvalue weighted by molar-refractivity contribution is 7.99. The summed E-state index contributed by atoms with van der Waals surface area (Å²) in [6.07, 6.45) is 1.44. The summed E-state index contributed by atoms with van der Waals surface area (Å²) in [6.45, 7) is 5.68. The smallest absolute Gasteiger partial charge is 0.00359 e. The van der Waals surface area contributed by atoms with Crippen LogP contribution >= 0.6 is 11.8 Å². The van der Waals surface area contributed by atoms with Crippen LogP contribution in [0.3, 0.4) is 0 Å². The summed E-state index contributed by atoms with van der Waals surface area (Å²) in [5.41, 5.74) is 6.32. The summed E-state index contributed by atoms with van der Waals surface area (Å²) in [6, 6.07) is 0. The zero-order chi connectivity index (χ0) is 8.77. The van der Waals surface area contributed by atoms with Crippen LogP contribution in [0, 0.1) is 23.2 Å². The largest absolute Gasteiger partial charge is 0.330 e. The van der Waals surface area contributed by atoms with E-state index in [0.717, 1.165) is 24.3 Å². The minimum Gasteiger partial charge on any atom is -0.330 e. The molecule has 0 aromatic heterocycles. The molecule has 0 aromatic carbocycles. The summed E-state index contributed by atoms with van der Waals surface area (Å²) in [5.74, 6) is 5.52. The highest BCUT2D eigenvalue weighted by atomic mass is 32.2. The molecule has 2 rings (SSSR count). The van der Waals surface area contributed by atoms with Gasteiger partial charge in [0.25, 0.3) is 0 Å². The first-order valence-corrected chi connectivity index (χ1v) is 6.11. The SMILES string of the molecule is CC1(C)[C@H](CN)[C@H]1C1CCSC1. The lowest BCUT2D eigenvalue weighted by Gasteiger charge is -2.08. The fourth-order valence-electron chi connectivity index (χ4n) is 3.01.